The van der Waals surface area contributed by atoms with Crippen molar-refractivity contribution in [1.82, 2.24) is 29.9 Å². The Kier molecular flexibility index (Phi) is 6.70. The lowest BCUT2D eigenvalue weighted by molar-refractivity contribution is 0.0169. The second kappa shape index (κ2) is 11.0. The summed E-state index contributed by atoms with van der Waals surface area (Å²) in [6.07, 6.45) is 12.9. The largest absolute Gasteiger partial charge is 0.487 e. The Balaban J connectivity index is 0.997. The zero-order valence-corrected chi connectivity index (χ0v) is 27.0. The van der Waals surface area contributed by atoms with E-state index in [1.54, 1.807) is 17.5 Å². The zero-order valence-electron chi connectivity index (χ0n) is 26.2. The Hall–Kier alpha value is -4.58. The Bertz CT molecular complexity index is 1960. The van der Waals surface area contributed by atoms with Crippen molar-refractivity contribution in [3.63, 3.8) is 0 Å². The first-order chi connectivity index (χ1) is 22.9. The summed E-state index contributed by atoms with van der Waals surface area (Å²) in [5.41, 5.74) is 3.59. The number of carbonyl (C=O) groups is 1. The number of nitrogens with zero attached hydrogens (tertiary/aromatic N) is 7. The van der Waals surface area contributed by atoms with E-state index in [1.165, 1.54) is 44.9 Å². The Morgan fingerprint density at radius 1 is 1.04 bits per heavy atom. The maximum atomic E-state index is 12.9. The molecule has 5 aliphatic rings. The molecular weight excluding hydrogens is 613 g/mol. The second-order valence-electron chi connectivity index (χ2n) is 14.0. The van der Waals surface area contributed by atoms with Gasteiger partial charge in [0.1, 0.15) is 12.2 Å². The third kappa shape index (κ3) is 5.00. The van der Waals surface area contributed by atoms with Gasteiger partial charge in [0.05, 0.1) is 23.0 Å². The average Bonchev–Trinajstić information content (AvgIpc) is 3.57. The lowest BCUT2D eigenvalue weighted by atomic mass is 9.58. The average molecular weight is 649 g/mol. The number of fused-ring (bicyclic) bond motifs is 3. The van der Waals surface area contributed by atoms with Gasteiger partial charge in [-0.1, -0.05) is 36.3 Å². The van der Waals surface area contributed by atoms with Crippen LogP contribution in [0, 0.1) is 30.1 Å². The van der Waals surface area contributed by atoms with E-state index in [1.807, 2.05) is 47.5 Å². The van der Waals surface area contributed by atoms with Crippen LogP contribution in [0.2, 0.25) is 0 Å². The maximum absolute atomic E-state index is 12.9. The number of pyridine rings is 1. The van der Waals surface area contributed by atoms with Gasteiger partial charge >= 0.3 is 5.97 Å². The molecule has 2 unspecified atom stereocenters. The summed E-state index contributed by atoms with van der Waals surface area (Å²) in [5.74, 6) is 3.24. The van der Waals surface area contributed by atoms with Crippen LogP contribution >= 0.6 is 11.3 Å². The van der Waals surface area contributed by atoms with Crippen molar-refractivity contribution in [2.75, 3.05) is 23.4 Å². The molecular formula is C35H36N8O3S. The number of carboxylic acids is 1. The quantitative estimate of drug-likeness (QED) is 0.186. The SMILES string of the molecule is Cc1c(-c2cnc3c(c2C(=O)O)OCCN3c2ccc(Nc3nc4ccccc4s3)nn2)cnn1CC12CC3CCC(CC(C3)C1)C2. The number of para-hydroxylation sites is 1. The standard InChI is InChI=1S/C35H36N8O3S/c1-20-24(18-37-43(20)19-35-14-21-6-7-22(15-35)13-23(12-21)16-35)25-17-36-32-31(30(25)33(44)45)46-11-10-42(32)29-9-8-28(40-41-29)39-34-38-26-4-2-3-5-27(26)47-34/h2-5,8-9,17-18,21-23H,6-7,10-16,19H2,1H3,(H,44,45)(H,38,39,40). The molecule has 1 aromatic carbocycles. The number of hydrogen-bond donors (Lipinski definition) is 2. The first kappa shape index (κ1) is 28.6. The van der Waals surface area contributed by atoms with Gasteiger partial charge in [-0.05, 0) is 86.5 Å². The van der Waals surface area contributed by atoms with Crippen LogP contribution in [0.5, 0.6) is 5.75 Å². The van der Waals surface area contributed by atoms with E-state index in [4.69, 9.17) is 14.8 Å². The van der Waals surface area contributed by atoms with Crippen LogP contribution in [0.3, 0.4) is 0 Å². The summed E-state index contributed by atoms with van der Waals surface area (Å²) < 4.78 is 9.25. The summed E-state index contributed by atoms with van der Waals surface area (Å²) in [6.45, 7) is 3.69. The highest BCUT2D eigenvalue weighted by atomic mass is 32.1. The van der Waals surface area contributed by atoms with E-state index in [2.05, 4.69) is 32.1 Å². The van der Waals surface area contributed by atoms with Gasteiger partial charge in [-0.25, -0.2) is 14.8 Å². The molecule has 12 heteroatoms. The van der Waals surface area contributed by atoms with Crippen molar-refractivity contribution in [1.29, 1.82) is 0 Å². The fourth-order valence-electron chi connectivity index (χ4n) is 9.12. The summed E-state index contributed by atoms with van der Waals surface area (Å²) in [4.78, 5) is 24.1. The predicted octanol–water partition coefficient (Wildman–Crippen LogP) is 7.23. The molecule has 0 radical (unpaired) electrons. The fraction of sp³-hybridized carbons (Fsp3) is 0.429. The zero-order chi connectivity index (χ0) is 31.7. The van der Waals surface area contributed by atoms with Gasteiger partial charge in [0.2, 0.25) is 0 Å². The van der Waals surface area contributed by atoms with Crippen LogP contribution in [-0.4, -0.2) is 54.2 Å². The summed E-state index contributed by atoms with van der Waals surface area (Å²) in [6, 6.07) is 11.6. The highest BCUT2D eigenvalue weighted by Crippen LogP contribution is 2.58. The molecule has 4 aliphatic carbocycles. The second-order valence-corrected chi connectivity index (χ2v) is 15.0. The van der Waals surface area contributed by atoms with E-state index in [0.29, 0.717) is 35.0 Å². The molecule has 47 heavy (non-hydrogen) atoms. The van der Waals surface area contributed by atoms with Crippen molar-refractivity contribution in [3.05, 3.63) is 60.0 Å². The maximum Gasteiger partial charge on any atom is 0.340 e. The number of ether oxygens (including phenoxy) is 1. The number of carboxylic acid groups (broad SMARTS) is 1. The molecule has 4 aromatic heterocycles. The Morgan fingerprint density at radius 3 is 2.62 bits per heavy atom. The molecule has 2 N–H and O–H groups in total. The van der Waals surface area contributed by atoms with Gasteiger partial charge < -0.3 is 20.1 Å². The summed E-state index contributed by atoms with van der Waals surface area (Å²) >= 11 is 1.55. The molecule has 2 atom stereocenters. The van der Waals surface area contributed by atoms with Gasteiger partial charge in [-0.15, -0.1) is 10.2 Å². The molecule has 0 saturated heterocycles. The van der Waals surface area contributed by atoms with Crippen LogP contribution in [0.1, 0.15) is 61.0 Å². The molecule has 1 aliphatic heterocycles. The van der Waals surface area contributed by atoms with E-state index in [-0.39, 0.29) is 17.9 Å². The molecule has 4 bridgehead atoms. The van der Waals surface area contributed by atoms with Crippen molar-refractivity contribution >= 4 is 50.1 Å². The van der Waals surface area contributed by atoms with Crippen molar-refractivity contribution in [2.24, 2.45) is 23.2 Å². The number of aromatic nitrogens is 6. The molecule has 10 rings (SSSR count). The monoisotopic (exact) mass is 648 g/mol. The van der Waals surface area contributed by atoms with Crippen LogP contribution in [0.15, 0.2) is 48.8 Å². The molecule has 5 aromatic rings. The number of anilines is 4. The third-order valence-corrected chi connectivity index (χ3v) is 11.8. The summed E-state index contributed by atoms with van der Waals surface area (Å²) in [7, 11) is 0. The van der Waals surface area contributed by atoms with E-state index < -0.39 is 5.97 Å². The predicted molar refractivity (Wildman–Crippen MR) is 180 cm³/mol. The number of thiazole rings is 1. The Labute approximate surface area is 276 Å². The molecule has 4 saturated carbocycles. The van der Waals surface area contributed by atoms with Crippen molar-refractivity contribution in [2.45, 2.75) is 58.4 Å². The lowest BCUT2D eigenvalue weighted by Crippen LogP contribution is -2.40. The van der Waals surface area contributed by atoms with Crippen molar-refractivity contribution in [3.8, 4) is 16.9 Å². The van der Waals surface area contributed by atoms with Gasteiger partial charge in [0.15, 0.2) is 28.3 Å². The molecule has 5 heterocycles. The van der Waals surface area contributed by atoms with Crippen LogP contribution < -0.4 is 15.0 Å². The number of rotatable bonds is 7. The number of aromatic carboxylic acids is 1. The van der Waals surface area contributed by atoms with E-state index in [0.717, 1.165) is 50.9 Å². The molecule has 0 amide bonds. The van der Waals surface area contributed by atoms with Crippen molar-refractivity contribution < 1.29 is 14.6 Å². The number of hydrogen-bond acceptors (Lipinski definition) is 10. The minimum Gasteiger partial charge on any atom is -0.487 e. The number of nitrogens with one attached hydrogen (secondary N) is 1. The first-order valence-corrected chi connectivity index (χ1v) is 17.4. The highest BCUT2D eigenvalue weighted by molar-refractivity contribution is 7.22. The lowest BCUT2D eigenvalue weighted by Gasteiger charge is -2.48. The highest BCUT2D eigenvalue weighted by Gasteiger charge is 2.49. The summed E-state index contributed by atoms with van der Waals surface area (Å²) in [5, 5.41) is 28.2. The first-order valence-electron chi connectivity index (χ1n) is 16.6. The van der Waals surface area contributed by atoms with Gasteiger partial charge in [-0.2, -0.15) is 5.10 Å². The minimum absolute atomic E-state index is 0.0936. The van der Waals surface area contributed by atoms with Gasteiger partial charge in [0, 0.05) is 29.6 Å². The number of benzene rings is 1. The topological polar surface area (TPSA) is 131 Å². The molecule has 11 nitrogen and oxygen atoms in total. The van der Waals surface area contributed by atoms with Gasteiger partial charge in [0.25, 0.3) is 0 Å². The van der Waals surface area contributed by atoms with E-state index >= 15 is 0 Å². The molecule has 240 valence electrons. The minimum atomic E-state index is -1.06. The smallest absolute Gasteiger partial charge is 0.340 e. The Morgan fingerprint density at radius 2 is 1.85 bits per heavy atom. The fourth-order valence-corrected chi connectivity index (χ4v) is 9.99. The van der Waals surface area contributed by atoms with E-state index in [9.17, 15) is 9.90 Å². The van der Waals surface area contributed by atoms with Gasteiger partial charge in [-0.3, -0.25) is 4.68 Å². The molecule has 0 spiro atoms. The third-order valence-electron chi connectivity index (χ3n) is 10.9. The van der Waals surface area contributed by atoms with Crippen LogP contribution in [0.4, 0.5) is 22.6 Å². The van der Waals surface area contributed by atoms with Crippen LogP contribution in [0.25, 0.3) is 21.3 Å². The molecule has 4 fully saturated rings. The normalized spacial score (nSPS) is 24.6. The van der Waals surface area contributed by atoms with Crippen LogP contribution in [-0.2, 0) is 6.54 Å².